The first-order chi connectivity index (χ1) is 15.1. The zero-order valence-electron chi connectivity index (χ0n) is 22.4. The molecule has 0 saturated heterocycles. The van der Waals surface area contributed by atoms with E-state index in [2.05, 4.69) is 61.5 Å². The predicted molar refractivity (Wildman–Crippen MR) is 132 cm³/mol. The maximum absolute atomic E-state index is 12.9. The van der Waals surface area contributed by atoms with Crippen LogP contribution in [0.25, 0.3) is 0 Å². The summed E-state index contributed by atoms with van der Waals surface area (Å²) in [7, 11) is 0. The molecule has 4 saturated carbocycles. The fourth-order valence-electron chi connectivity index (χ4n) is 10.8. The molecule has 186 valence electrons. The van der Waals surface area contributed by atoms with E-state index in [1.165, 1.54) is 12.0 Å². The normalized spacial score (nSPS) is 57.8. The molecule has 33 heavy (non-hydrogen) atoms. The lowest BCUT2D eigenvalue weighted by Gasteiger charge is -2.72. The van der Waals surface area contributed by atoms with Crippen LogP contribution in [0.5, 0.6) is 0 Å². The Balaban J connectivity index is 1.67. The Hall–Kier alpha value is -0.670. The molecule has 4 fully saturated rings. The highest BCUT2D eigenvalue weighted by Gasteiger charge is 2.71. The van der Waals surface area contributed by atoms with Crippen LogP contribution in [0.2, 0.25) is 0 Å². The van der Waals surface area contributed by atoms with Crippen LogP contribution < -0.4 is 0 Å². The van der Waals surface area contributed by atoms with E-state index in [1.54, 1.807) is 0 Å². The maximum atomic E-state index is 12.9. The first kappa shape index (κ1) is 24.0. The van der Waals surface area contributed by atoms with Gasteiger partial charge in [-0.05, 0) is 78.4 Å². The molecule has 0 bridgehead atoms. The number of aliphatic hydroxyl groups excluding tert-OH is 2. The average Bonchev–Trinajstić information content (AvgIpc) is 2.71. The number of rotatable bonds is 0. The Labute approximate surface area is 201 Å². The van der Waals surface area contributed by atoms with Crippen molar-refractivity contribution in [1.29, 1.82) is 0 Å². The van der Waals surface area contributed by atoms with Gasteiger partial charge in [-0.25, -0.2) is 0 Å². The van der Waals surface area contributed by atoms with Gasteiger partial charge < -0.3 is 10.2 Å². The summed E-state index contributed by atoms with van der Waals surface area (Å²) < 4.78 is 0. The second kappa shape index (κ2) is 6.96. The molecule has 3 nitrogen and oxygen atoms in total. The molecule has 0 aromatic heterocycles. The summed E-state index contributed by atoms with van der Waals surface area (Å²) in [6.45, 7) is 18.6. The predicted octanol–water partition coefficient (Wildman–Crippen LogP) is 6.17. The fraction of sp³-hybridized carbons (Fsp3) is 0.900. The number of ketones is 1. The monoisotopic (exact) mass is 456 g/mol. The third-order valence-corrected chi connectivity index (χ3v) is 13.2. The van der Waals surface area contributed by atoms with Gasteiger partial charge in [-0.2, -0.15) is 0 Å². The minimum Gasteiger partial charge on any atom is -0.393 e. The number of hydrogen-bond donors (Lipinski definition) is 2. The van der Waals surface area contributed by atoms with Crippen LogP contribution >= 0.6 is 0 Å². The summed E-state index contributed by atoms with van der Waals surface area (Å²) >= 11 is 0. The third kappa shape index (κ3) is 2.73. The largest absolute Gasteiger partial charge is 0.393 e. The standard InChI is InChI=1S/C30H48O3/c1-17-9-12-28(6)23(33)16-30(8)19(24(28)18(17)2)15-20(31)25-27(5)13-11-22(32)26(3,4)21(27)10-14-29(25,30)7/h15,17-18,20-21,23-25,31,33H,9-14,16H2,1-8H3/t17-,18+,20+,21+,23+,24+,25-,27+,28-,29-,30-/m1/s1. The van der Waals surface area contributed by atoms with Gasteiger partial charge in [-0.3, -0.25) is 4.79 Å². The highest BCUT2D eigenvalue weighted by Crippen LogP contribution is 2.75. The van der Waals surface area contributed by atoms with Crippen LogP contribution in [0.3, 0.4) is 0 Å². The molecule has 3 heteroatoms. The van der Waals surface area contributed by atoms with Crippen LogP contribution in [0, 0.1) is 56.7 Å². The van der Waals surface area contributed by atoms with Crippen molar-refractivity contribution in [2.45, 2.75) is 113 Å². The number of Topliss-reactive ketones (excluding diaryl/α,β-unsaturated/α-hetero) is 1. The lowest BCUT2D eigenvalue weighted by molar-refractivity contribution is -0.219. The molecule has 11 atom stereocenters. The highest BCUT2D eigenvalue weighted by atomic mass is 16.3. The molecule has 0 spiro atoms. The molecule has 0 heterocycles. The first-order valence-electron chi connectivity index (χ1n) is 13.8. The smallest absolute Gasteiger partial charge is 0.138 e. The molecule has 5 aliphatic rings. The lowest BCUT2D eigenvalue weighted by Crippen LogP contribution is -2.68. The zero-order valence-corrected chi connectivity index (χ0v) is 22.4. The van der Waals surface area contributed by atoms with E-state index in [0.717, 1.165) is 32.1 Å². The van der Waals surface area contributed by atoms with Crippen molar-refractivity contribution >= 4 is 5.78 Å². The molecule has 5 rings (SSSR count). The SMILES string of the molecule is C[C@H]1[C@H](C)CC[C@@]2(C)[C@@H]1C1=C[C@H](O)[C@@H]3[C@@]4(C)CCC(=O)C(C)(C)[C@@H]4CC[C@@]3(C)[C@]1(C)C[C@@H]2O. The molecule has 0 unspecified atom stereocenters. The van der Waals surface area contributed by atoms with Gasteiger partial charge in [0.1, 0.15) is 5.78 Å². The van der Waals surface area contributed by atoms with E-state index in [4.69, 9.17) is 0 Å². The molecule has 5 aliphatic carbocycles. The molecular formula is C30H48O3. The number of hydrogen-bond acceptors (Lipinski definition) is 3. The number of carbonyl (C=O) groups is 1. The van der Waals surface area contributed by atoms with Crippen molar-refractivity contribution in [3.63, 3.8) is 0 Å². The molecule has 2 N–H and O–H groups in total. The van der Waals surface area contributed by atoms with E-state index in [0.29, 0.717) is 35.9 Å². The Bertz CT molecular complexity index is 889. The molecule has 0 aromatic rings. The number of allylic oxidation sites excluding steroid dienone is 1. The minimum atomic E-state index is -0.473. The van der Waals surface area contributed by atoms with Crippen LogP contribution in [-0.4, -0.2) is 28.2 Å². The second-order valence-corrected chi connectivity index (χ2v) is 14.7. The molecule has 0 aliphatic heterocycles. The van der Waals surface area contributed by atoms with E-state index >= 15 is 0 Å². The number of aliphatic hydroxyl groups is 2. The van der Waals surface area contributed by atoms with Crippen molar-refractivity contribution in [1.82, 2.24) is 0 Å². The van der Waals surface area contributed by atoms with Crippen molar-refractivity contribution in [2.75, 3.05) is 0 Å². The van der Waals surface area contributed by atoms with Gasteiger partial charge in [0.05, 0.1) is 12.2 Å². The van der Waals surface area contributed by atoms with Gasteiger partial charge >= 0.3 is 0 Å². The highest BCUT2D eigenvalue weighted by molar-refractivity contribution is 5.85. The summed E-state index contributed by atoms with van der Waals surface area (Å²) in [5, 5.41) is 23.7. The van der Waals surface area contributed by atoms with E-state index in [9.17, 15) is 15.0 Å². The maximum Gasteiger partial charge on any atom is 0.138 e. The zero-order chi connectivity index (χ0) is 24.4. The van der Waals surface area contributed by atoms with Crippen molar-refractivity contribution < 1.29 is 15.0 Å². The van der Waals surface area contributed by atoms with E-state index in [1.807, 2.05) is 0 Å². The van der Waals surface area contributed by atoms with Crippen LogP contribution in [0.15, 0.2) is 11.6 Å². The second-order valence-electron chi connectivity index (χ2n) is 14.7. The average molecular weight is 457 g/mol. The summed E-state index contributed by atoms with van der Waals surface area (Å²) in [6, 6.07) is 0. The van der Waals surface area contributed by atoms with Gasteiger partial charge in [0, 0.05) is 23.2 Å². The Morgan fingerprint density at radius 2 is 1.58 bits per heavy atom. The molecule has 0 amide bonds. The summed E-state index contributed by atoms with van der Waals surface area (Å²) in [4.78, 5) is 12.9. The summed E-state index contributed by atoms with van der Waals surface area (Å²) in [5.41, 5.74) is 0.768. The van der Waals surface area contributed by atoms with Gasteiger partial charge in [-0.15, -0.1) is 0 Å². The fourth-order valence-corrected chi connectivity index (χ4v) is 10.8. The van der Waals surface area contributed by atoms with Crippen molar-refractivity contribution in [3.05, 3.63) is 11.6 Å². The number of fused-ring (bicyclic) bond motifs is 7. The van der Waals surface area contributed by atoms with Gasteiger partial charge in [-0.1, -0.05) is 67.0 Å². The number of carbonyl (C=O) groups excluding carboxylic acids is 1. The van der Waals surface area contributed by atoms with Crippen molar-refractivity contribution in [2.24, 2.45) is 56.7 Å². The van der Waals surface area contributed by atoms with Gasteiger partial charge in [0.15, 0.2) is 0 Å². The summed E-state index contributed by atoms with van der Waals surface area (Å²) in [6.07, 6.45) is 8.13. The Morgan fingerprint density at radius 3 is 2.24 bits per heavy atom. The molecular weight excluding hydrogens is 408 g/mol. The van der Waals surface area contributed by atoms with E-state index < -0.39 is 6.10 Å². The van der Waals surface area contributed by atoms with Gasteiger partial charge in [0.2, 0.25) is 0 Å². The minimum absolute atomic E-state index is 0.0635. The Morgan fingerprint density at radius 1 is 0.909 bits per heavy atom. The first-order valence-corrected chi connectivity index (χ1v) is 13.8. The van der Waals surface area contributed by atoms with Crippen LogP contribution in [-0.2, 0) is 4.79 Å². The van der Waals surface area contributed by atoms with Crippen LogP contribution in [0.4, 0.5) is 0 Å². The molecule has 0 aromatic carbocycles. The van der Waals surface area contributed by atoms with Crippen molar-refractivity contribution in [3.8, 4) is 0 Å². The molecule has 0 radical (unpaired) electrons. The third-order valence-electron chi connectivity index (χ3n) is 13.2. The quantitative estimate of drug-likeness (QED) is 0.428. The van der Waals surface area contributed by atoms with E-state index in [-0.39, 0.29) is 39.1 Å². The lowest BCUT2D eigenvalue weighted by atomic mass is 9.33. The summed E-state index contributed by atoms with van der Waals surface area (Å²) in [5.74, 6) is 2.31. The van der Waals surface area contributed by atoms with Gasteiger partial charge in [0.25, 0.3) is 0 Å². The Kier molecular flexibility index (Phi) is 5.07. The topological polar surface area (TPSA) is 57.5 Å². The van der Waals surface area contributed by atoms with Crippen LogP contribution in [0.1, 0.15) is 100 Å².